The molecule has 0 spiro atoms. The highest BCUT2D eigenvalue weighted by atomic mass is 16.5. The number of ether oxygens (including phenoxy) is 1. The zero-order valence-electron chi connectivity index (χ0n) is 11.6. The molecular formula is C13H24N4O. The van der Waals surface area contributed by atoms with Crippen molar-refractivity contribution >= 4 is 5.69 Å². The average molecular weight is 252 g/mol. The zero-order valence-corrected chi connectivity index (χ0v) is 11.6. The molecule has 1 unspecified atom stereocenters. The summed E-state index contributed by atoms with van der Waals surface area (Å²) < 4.78 is 7.83. The smallest absolute Gasteiger partial charge is 0.0898 e. The van der Waals surface area contributed by atoms with Gasteiger partial charge in [-0.1, -0.05) is 13.8 Å². The molecule has 1 saturated heterocycles. The van der Waals surface area contributed by atoms with E-state index in [0.717, 1.165) is 56.2 Å². The number of anilines is 1. The van der Waals surface area contributed by atoms with E-state index in [1.165, 1.54) is 0 Å². The minimum atomic E-state index is 0.220. The molecule has 0 aromatic carbocycles. The predicted molar refractivity (Wildman–Crippen MR) is 72.6 cm³/mol. The molecule has 5 nitrogen and oxygen atoms in total. The Balaban J connectivity index is 2.12. The average Bonchev–Trinajstić information content (AvgIpc) is 2.65. The van der Waals surface area contributed by atoms with Gasteiger partial charge in [0.15, 0.2) is 0 Å². The first kappa shape index (κ1) is 13.4. The number of nitrogens with two attached hydrogens (primary N) is 1. The number of aromatic nitrogens is 2. The molecule has 2 N–H and O–H groups in total. The summed E-state index contributed by atoms with van der Waals surface area (Å²) in [7, 11) is 2.13. The summed E-state index contributed by atoms with van der Waals surface area (Å²) in [4.78, 5) is 2.30. The fourth-order valence-corrected chi connectivity index (χ4v) is 2.52. The number of nitrogens with zero attached hydrogens (tertiary/aromatic N) is 3. The summed E-state index contributed by atoms with van der Waals surface area (Å²) >= 11 is 0. The molecule has 0 aliphatic carbocycles. The first-order valence-corrected chi connectivity index (χ1v) is 6.79. The van der Waals surface area contributed by atoms with Crippen molar-refractivity contribution in [1.82, 2.24) is 14.7 Å². The van der Waals surface area contributed by atoms with Gasteiger partial charge in [-0.25, -0.2) is 0 Å². The van der Waals surface area contributed by atoms with Gasteiger partial charge >= 0.3 is 0 Å². The molecular weight excluding hydrogens is 228 g/mol. The number of aryl methyl sites for hydroxylation is 1. The third kappa shape index (κ3) is 2.67. The molecule has 2 heterocycles. The molecule has 1 atom stereocenters. The number of hydrogen-bond acceptors (Lipinski definition) is 4. The van der Waals surface area contributed by atoms with E-state index in [1.54, 1.807) is 0 Å². The summed E-state index contributed by atoms with van der Waals surface area (Å²) in [6, 6.07) is 0. The van der Waals surface area contributed by atoms with Crippen LogP contribution in [0.5, 0.6) is 0 Å². The van der Waals surface area contributed by atoms with Gasteiger partial charge < -0.3 is 15.4 Å². The lowest BCUT2D eigenvalue weighted by molar-refractivity contribution is -0.0294. The van der Waals surface area contributed by atoms with Crippen molar-refractivity contribution in [2.24, 2.45) is 0 Å². The number of morpholine rings is 1. The van der Waals surface area contributed by atoms with E-state index >= 15 is 0 Å². The van der Waals surface area contributed by atoms with Gasteiger partial charge in [0.2, 0.25) is 0 Å². The standard InChI is InChI=1S/C13H24N4O/c1-4-11-13(14)12(5-2)17(15-11)9-10-8-16(3)6-7-18-10/h10H,4-9,14H2,1-3H3. The van der Waals surface area contributed by atoms with E-state index in [0.29, 0.717) is 0 Å². The maximum atomic E-state index is 6.12. The Labute approximate surface area is 109 Å². The molecule has 0 radical (unpaired) electrons. The van der Waals surface area contributed by atoms with Gasteiger partial charge in [0.05, 0.1) is 36.3 Å². The molecule has 1 aromatic rings. The monoisotopic (exact) mass is 252 g/mol. The van der Waals surface area contributed by atoms with Gasteiger partial charge in [0.25, 0.3) is 0 Å². The summed E-state index contributed by atoms with van der Waals surface area (Å²) in [5.74, 6) is 0. The quantitative estimate of drug-likeness (QED) is 0.866. The maximum Gasteiger partial charge on any atom is 0.0898 e. The highest BCUT2D eigenvalue weighted by Gasteiger charge is 2.21. The van der Waals surface area contributed by atoms with Crippen molar-refractivity contribution in [1.29, 1.82) is 0 Å². The molecule has 0 amide bonds. The van der Waals surface area contributed by atoms with Crippen molar-refractivity contribution < 1.29 is 4.74 Å². The van der Waals surface area contributed by atoms with Crippen LogP contribution in [0.15, 0.2) is 0 Å². The molecule has 5 heteroatoms. The largest absolute Gasteiger partial charge is 0.396 e. The molecule has 2 rings (SSSR count). The molecule has 0 bridgehead atoms. The molecule has 102 valence electrons. The van der Waals surface area contributed by atoms with E-state index in [-0.39, 0.29) is 6.10 Å². The third-order valence-electron chi connectivity index (χ3n) is 3.56. The topological polar surface area (TPSA) is 56.3 Å². The van der Waals surface area contributed by atoms with Crippen LogP contribution in [0.1, 0.15) is 25.2 Å². The van der Waals surface area contributed by atoms with Gasteiger partial charge in [0, 0.05) is 13.1 Å². The second-order valence-electron chi connectivity index (χ2n) is 4.95. The van der Waals surface area contributed by atoms with Crippen molar-refractivity contribution in [3.8, 4) is 0 Å². The third-order valence-corrected chi connectivity index (χ3v) is 3.56. The number of hydrogen-bond donors (Lipinski definition) is 1. The summed E-state index contributed by atoms with van der Waals surface area (Å²) in [5.41, 5.74) is 9.14. The van der Waals surface area contributed by atoms with Crippen LogP contribution in [0.4, 0.5) is 5.69 Å². The van der Waals surface area contributed by atoms with E-state index in [4.69, 9.17) is 10.5 Å². The lowest BCUT2D eigenvalue weighted by atomic mass is 10.2. The second kappa shape index (κ2) is 5.71. The van der Waals surface area contributed by atoms with Crippen molar-refractivity contribution in [3.05, 3.63) is 11.4 Å². The van der Waals surface area contributed by atoms with Crippen LogP contribution >= 0.6 is 0 Å². The van der Waals surface area contributed by atoms with Crippen LogP contribution in [0.25, 0.3) is 0 Å². The Morgan fingerprint density at radius 3 is 2.78 bits per heavy atom. The van der Waals surface area contributed by atoms with Gasteiger partial charge in [-0.2, -0.15) is 5.10 Å². The Kier molecular flexibility index (Phi) is 4.24. The first-order chi connectivity index (χ1) is 8.65. The second-order valence-corrected chi connectivity index (χ2v) is 4.95. The van der Waals surface area contributed by atoms with Crippen LogP contribution in [0.2, 0.25) is 0 Å². The Morgan fingerprint density at radius 2 is 2.17 bits per heavy atom. The number of rotatable bonds is 4. The predicted octanol–water partition coefficient (Wildman–Crippen LogP) is 0.921. The van der Waals surface area contributed by atoms with Crippen LogP contribution in [-0.4, -0.2) is 47.5 Å². The van der Waals surface area contributed by atoms with Crippen molar-refractivity contribution in [2.75, 3.05) is 32.5 Å². The molecule has 0 saturated carbocycles. The normalized spacial score (nSPS) is 21.4. The molecule has 1 fully saturated rings. The molecule has 1 aliphatic heterocycles. The van der Waals surface area contributed by atoms with Crippen molar-refractivity contribution in [2.45, 2.75) is 39.3 Å². The number of likely N-dealkylation sites (N-methyl/N-ethyl adjacent to an activating group) is 1. The van der Waals surface area contributed by atoms with Gasteiger partial charge in [-0.15, -0.1) is 0 Å². The Morgan fingerprint density at radius 1 is 1.39 bits per heavy atom. The Hall–Kier alpha value is -1.07. The molecule has 1 aromatic heterocycles. The van der Waals surface area contributed by atoms with E-state index in [2.05, 4.69) is 30.9 Å². The lowest BCUT2D eigenvalue weighted by Crippen LogP contribution is -2.42. The SMILES string of the molecule is CCc1nn(CC2CN(C)CCO2)c(CC)c1N. The molecule has 1 aliphatic rings. The van der Waals surface area contributed by atoms with Crippen LogP contribution < -0.4 is 5.73 Å². The van der Waals surface area contributed by atoms with E-state index in [1.807, 2.05) is 4.68 Å². The maximum absolute atomic E-state index is 6.12. The van der Waals surface area contributed by atoms with E-state index in [9.17, 15) is 0 Å². The van der Waals surface area contributed by atoms with Crippen LogP contribution in [0, 0.1) is 0 Å². The van der Waals surface area contributed by atoms with Crippen LogP contribution in [0.3, 0.4) is 0 Å². The van der Waals surface area contributed by atoms with E-state index < -0.39 is 0 Å². The summed E-state index contributed by atoms with van der Waals surface area (Å²) in [5, 5.41) is 4.61. The van der Waals surface area contributed by atoms with Gasteiger partial charge in [-0.05, 0) is 19.9 Å². The summed E-state index contributed by atoms with van der Waals surface area (Å²) in [6.45, 7) is 7.80. The lowest BCUT2D eigenvalue weighted by Gasteiger charge is -2.30. The van der Waals surface area contributed by atoms with Crippen LogP contribution in [-0.2, 0) is 24.1 Å². The minimum absolute atomic E-state index is 0.220. The fourth-order valence-electron chi connectivity index (χ4n) is 2.52. The minimum Gasteiger partial charge on any atom is -0.396 e. The van der Waals surface area contributed by atoms with Gasteiger partial charge in [-0.3, -0.25) is 4.68 Å². The Bertz CT molecular complexity index is 402. The summed E-state index contributed by atoms with van der Waals surface area (Å²) in [6.07, 6.45) is 2.02. The first-order valence-electron chi connectivity index (χ1n) is 6.79. The zero-order chi connectivity index (χ0) is 13.1. The highest BCUT2D eigenvalue weighted by molar-refractivity contribution is 5.48. The number of nitrogen functional groups attached to an aromatic ring is 1. The van der Waals surface area contributed by atoms with Gasteiger partial charge in [0.1, 0.15) is 0 Å². The van der Waals surface area contributed by atoms with Crippen molar-refractivity contribution in [3.63, 3.8) is 0 Å². The molecule has 18 heavy (non-hydrogen) atoms. The fraction of sp³-hybridized carbons (Fsp3) is 0.769. The highest BCUT2D eigenvalue weighted by Crippen LogP contribution is 2.19.